The van der Waals surface area contributed by atoms with Crippen LogP contribution in [0.25, 0.3) is 0 Å². The van der Waals surface area contributed by atoms with Gasteiger partial charge in [-0.1, -0.05) is 6.58 Å². The van der Waals surface area contributed by atoms with Crippen molar-refractivity contribution in [2.45, 2.75) is 12.6 Å². The van der Waals surface area contributed by atoms with Crippen LogP contribution in [0.3, 0.4) is 0 Å². The third kappa shape index (κ3) is 5.06. The number of carbonyl (C=O) groups excluding carboxylic acids is 1. The minimum absolute atomic E-state index is 0.660. The number of alkyl halides is 3. The van der Waals surface area contributed by atoms with Crippen LogP contribution in [0.5, 0.6) is 0 Å². The molecule has 0 aromatic carbocycles. The number of ketones is 1. The summed E-state index contributed by atoms with van der Waals surface area (Å²) >= 11 is 0. The summed E-state index contributed by atoms with van der Waals surface area (Å²) in [5, 5.41) is 0. The summed E-state index contributed by atoms with van der Waals surface area (Å²) in [6.45, 7) is 2.90. The molecule has 0 aromatic heterocycles. The maximum atomic E-state index is 11.2. The van der Waals surface area contributed by atoms with Gasteiger partial charge < -0.3 is 0 Å². The Bertz CT molecular complexity index is 125. The summed E-state index contributed by atoms with van der Waals surface area (Å²) < 4.78 is 33.7. The summed E-state index contributed by atoms with van der Waals surface area (Å²) in [6, 6.07) is 0. The first-order chi connectivity index (χ1) is 3.95. The molecule has 0 fully saturated rings. The lowest BCUT2D eigenvalue weighted by molar-refractivity contribution is -0.148. The molecule has 1 nitrogen and oxygen atoms in total. The molecule has 0 aliphatic carbocycles. The van der Waals surface area contributed by atoms with Gasteiger partial charge in [0.05, 0.1) is 0 Å². The average molecular weight is 138 g/mol. The van der Waals surface area contributed by atoms with E-state index >= 15 is 0 Å². The Morgan fingerprint density at radius 1 is 1.56 bits per heavy atom. The molecule has 0 atom stereocenters. The fourth-order valence-electron chi connectivity index (χ4n) is 0.270. The zero-order chi connectivity index (χ0) is 7.49. The SMILES string of the molecule is C=CC(=O)CC(F)(F)F. The predicted octanol–water partition coefficient (Wildman–Crippen LogP) is 1.69. The normalized spacial score (nSPS) is 11.0. The van der Waals surface area contributed by atoms with Crippen molar-refractivity contribution in [1.82, 2.24) is 0 Å². The highest BCUT2D eigenvalue weighted by Gasteiger charge is 2.29. The molecule has 0 amide bonds. The third-order valence-corrected chi connectivity index (χ3v) is 0.602. The first-order valence-corrected chi connectivity index (χ1v) is 2.18. The molecule has 0 unspecified atom stereocenters. The smallest absolute Gasteiger partial charge is 0.295 e. The lowest BCUT2D eigenvalue weighted by Gasteiger charge is -2.00. The highest BCUT2D eigenvalue weighted by Crippen LogP contribution is 2.19. The fourth-order valence-corrected chi connectivity index (χ4v) is 0.270. The molecule has 0 spiro atoms. The molecule has 0 aliphatic rings. The zero-order valence-corrected chi connectivity index (χ0v) is 4.53. The molecule has 0 aliphatic heterocycles. The molecule has 0 radical (unpaired) electrons. The molecule has 0 rings (SSSR count). The number of halogens is 3. The Balaban J connectivity index is 3.74. The van der Waals surface area contributed by atoms with Gasteiger partial charge in [-0.2, -0.15) is 13.2 Å². The second kappa shape index (κ2) is 2.66. The number of rotatable bonds is 2. The van der Waals surface area contributed by atoms with Crippen molar-refractivity contribution < 1.29 is 18.0 Å². The van der Waals surface area contributed by atoms with Crippen molar-refractivity contribution in [3.8, 4) is 0 Å². The molecular weight excluding hydrogens is 133 g/mol. The molecule has 0 saturated carbocycles. The molecule has 4 heteroatoms. The number of hydrogen-bond acceptors (Lipinski definition) is 1. The molecule has 0 N–H and O–H groups in total. The number of hydrogen-bond donors (Lipinski definition) is 0. The second-order valence-electron chi connectivity index (χ2n) is 1.46. The van der Waals surface area contributed by atoms with E-state index in [0.29, 0.717) is 6.08 Å². The van der Waals surface area contributed by atoms with E-state index < -0.39 is 18.4 Å². The first-order valence-electron chi connectivity index (χ1n) is 2.18. The summed E-state index contributed by atoms with van der Waals surface area (Å²) in [6.07, 6.45) is -5.14. The Morgan fingerprint density at radius 2 is 2.00 bits per heavy atom. The van der Waals surface area contributed by atoms with E-state index in [-0.39, 0.29) is 0 Å². The van der Waals surface area contributed by atoms with Gasteiger partial charge in [0, 0.05) is 0 Å². The maximum absolute atomic E-state index is 11.2. The van der Waals surface area contributed by atoms with Gasteiger partial charge in [0.25, 0.3) is 0 Å². The van der Waals surface area contributed by atoms with Crippen molar-refractivity contribution in [1.29, 1.82) is 0 Å². The maximum Gasteiger partial charge on any atom is 0.396 e. The Hall–Kier alpha value is -0.800. The van der Waals surface area contributed by atoms with Crippen LogP contribution in [0.2, 0.25) is 0 Å². The Kier molecular flexibility index (Phi) is 2.42. The topological polar surface area (TPSA) is 17.1 Å². The molecule has 0 saturated heterocycles. The van der Waals surface area contributed by atoms with Crippen LogP contribution < -0.4 is 0 Å². The van der Waals surface area contributed by atoms with E-state index in [2.05, 4.69) is 6.58 Å². The average Bonchev–Trinajstić information content (AvgIpc) is 1.62. The number of carbonyl (C=O) groups is 1. The molecule has 52 valence electrons. The standard InChI is InChI=1S/C5H5F3O/c1-2-4(9)3-5(6,7)8/h2H,1,3H2. The molecular formula is C5H5F3O. The van der Waals surface area contributed by atoms with Gasteiger partial charge in [0.2, 0.25) is 0 Å². The first kappa shape index (κ1) is 8.20. The zero-order valence-electron chi connectivity index (χ0n) is 4.53. The fraction of sp³-hybridized carbons (Fsp3) is 0.400. The largest absolute Gasteiger partial charge is 0.396 e. The Labute approximate surface area is 50.2 Å². The summed E-state index contributed by atoms with van der Waals surface area (Å²) in [4.78, 5) is 9.99. The highest BCUT2D eigenvalue weighted by atomic mass is 19.4. The van der Waals surface area contributed by atoms with E-state index in [1.54, 1.807) is 0 Å². The van der Waals surface area contributed by atoms with Gasteiger partial charge >= 0.3 is 6.18 Å². The van der Waals surface area contributed by atoms with Crippen LogP contribution >= 0.6 is 0 Å². The molecule has 0 heterocycles. The van der Waals surface area contributed by atoms with Gasteiger partial charge in [-0.3, -0.25) is 4.79 Å². The monoisotopic (exact) mass is 138 g/mol. The minimum Gasteiger partial charge on any atom is -0.295 e. The molecule has 0 aromatic rings. The summed E-state index contributed by atoms with van der Waals surface area (Å²) in [7, 11) is 0. The van der Waals surface area contributed by atoms with Crippen molar-refractivity contribution >= 4 is 5.78 Å². The van der Waals surface area contributed by atoms with E-state index in [1.165, 1.54) is 0 Å². The van der Waals surface area contributed by atoms with Gasteiger partial charge in [-0.05, 0) is 6.08 Å². The van der Waals surface area contributed by atoms with Gasteiger partial charge in [0.1, 0.15) is 6.42 Å². The molecule has 9 heavy (non-hydrogen) atoms. The number of allylic oxidation sites excluding steroid dienone is 1. The van der Waals surface area contributed by atoms with E-state index in [9.17, 15) is 18.0 Å². The van der Waals surface area contributed by atoms with Crippen LogP contribution in [-0.2, 0) is 4.79 Å². The summed E-state index contributed by atoms with van der Waals surface area (Å²) in [5.74, 6) is -0.998. The van der Waals surface area contributed by atoms with Gasteiger partial charge in [0.15, 0.2) is 5.78 Å². The minimum atomic E-state index is -4.40. The lowest BCUT2D eigenvalue weighted by Crippen LogP contribution is -2.12. The van der Waals surface area contributed by atoms with Crippen LogP contribution in [0.1, 0.15) is 6.42 Å². The van der Waals surface area contributed by atoms with Gasteiger partial charge in [-0.25, -0.2) is 0 Å². The lowest BCUT2D eigenvalue weighted by atomic mass is 10.3. The predicted molar refractivity (Wildman–Crippen MR) is 25.9 cm³/mol. The molecule has 0 bridgehead atoms. The Morgan fingerprint density at radius 3 is 2.11 bits per heavy atom. The van der Waals surface area contributed by atoms with Crippen LogP contribution in [0.15, 0.2) is 12.7 Å². The second-order valence-corrected chi connectivity index (χ2v) is 1.46. The van der Waals surface area contributed by atoms with Crippen molar-refractivity contribution in [2.24, 2.45) is 0 Å². The van der Waals surface area contributed by atoms with Crippen molar-refractivity contribution in [2.75, 3.05) is 0 Å². The van der Waals surface area contributed by atoms with Crippen LogP contribution in [0, 0.1) is 0 Å². The van der Waals surface area contributed by atoms with Gasteiger partial charge in [-0.15, -0.1) is 0 Å². The third-order valence-electron chi connectivity index (χ3n) is 0.602. The van der Waals surface area contributed by atoms with Crippen LogP contribution in [-0.4, -0.2) is 12.0 Å². The van der Waals surface area contributed by atoms with Crippen LogP contribution in [0.4, 0.5) is 13.2 Å². The van der Waals surface area contributed by atoms with E-state index in [4.69, 9.17) is 0 Å². The van der Waals surface area contributed by atoms with E-state index in [0.717, 1.165) is 0 Å². The highest BCUT2D eigenvalue weighted by molar-refractivity contribution is 5.89. The quantitative estimate of drug-likeness (QED) is 0.530. The van der Waals surface area contributed by atoms with Crippen molar-refractivity contribution in [3.63, 3.8) is 0 Å². The van der Waals surface area contributed by atoms with Crippen molar-refractivity contribution in [3.05, 3.63) is 12.7 Å². The van der Waals surface area contributed by atoms with E-state index in [1.807, 2.05) is 0 Å². The summed E-state index contributed by atoms with van der Waals surface area (Å²) in [5.41, 5.74) is 0.